The van der Waals surface area contributed by atoms with Crippen molar-refractivity contribution in [3.63, 3.8) is 0 Å². The van der Waals surface area contributed by atoms with Gasteiger partial charge in [0.25, 0.3) is 5.88 Å². The smallest absolute Gasteiger partial charge is 0.265 e. The van der Waals surface area contributed by atoms with E-state index in [0.29, 0.717) is 24.2 Å². The molecule has 10 heteroatoms. The Morgan fingerprint density at radius 1 is 1.09 bits per heavy atom. The van der Waals surface area contributed by atoms with E-state index in [1.54, 1.807) is 12.4 Å². The Balaban J connectivity index is 1.59. The minimum absolute atomic E-state index is 0.0394. The van der Waals surface area contributed by atoms with Crippen molar-refractivity contribution in [2.45, 2.75) is 83.8 Å². The molecule has 1 unspecified atom stereocenters. The maximum Gasteiger partial charge on any atom is 0.265 e. The van der Waals surface area contributed by atoms with Gasteiger partial charge in [-0.15, -0.1) is 0 Å². The molecule has 6 rings (SSSR count). The van der Waals surface area contributed by atoms with Gasteiger partial charge in [0.15, 0.2) is 19.7 Å². The second-order valence-corrected chi connectivity index (χ2v) is 19.7. The van der Waals surface area contributed by atoms with Crippen LogP contribution in [0.1, 0.15) is 78.5 Å². The number of aliphatic hydroxyl groups is 1. The molecule has 238 valence electrons. The number of pyridine rings is 1. The van der Waals surface area contributed by atoms with Crippen molar-refractivity contribution in [3.8, 4) is 5.88 Å². The summed E-state index contributed by atoms with van der Waals surface area (Å²) in [5.41, 5.74) is 0.854. The van der Waals surface area contributed by atoms with E-state index in [9.17, 15) is 5.11 Å². The van der Waals surface area contributed by atoms with E-state index in [1.165, 1.54) is 0 Å². The lowest BCUT2D eigenvalue weighted by molar-refractivity contribution is -0.143. The van der Waals surface area contributed by atoms with Crippen LogP contribution in [0.3, 0.4) is 0 Å². The molecule has 0 saturated heterocycles. The van der Waals surface area contributed by atoms with Gasteiger partial charge in [-0.25, -0.2) is 0 Å². The number of aliphatic hydroxyl groups excluding tert-OH is 1. The summed E-state index contributed by atoms with van der Waals surface area (Å²) in [6, 6.07) is 9.07. The van der Waals surface area contributed by atoms with E-state index in [4.69, 9.17) is 13.7 Å². The van der Waals surface area contributed by atoms with Crippen molar-refractivity contribution in [1.82, 2.24) is 15.0 Å². The van der Waals surface area contributed by atoms with Crippen LogP contribution < -0.4 is 4.74 Å². The summed E-state index contributed by atoms with van der Waals surface area (Å²) in [7, 11) is 1.02. The summed E-state index contributed by atoms with van der Waals surface area (Å²) < 4.78 is 19.2. The Hall–Kier alpha value is -3.60. The lowest BCUT2D eigenvalue weighted by Crippen LogP contribution is -2.69. The molecule has 1 aromatic carbocycles. The highest BCUT2D eigenvalue weighted by Crippen LogP contribution is 2.62. The molecule has 45 heavy (non-hydrogen) atoms. The van der Waals surface area contributed by atoms with E-state index in [-0.39, 0.29) is 34.4 Å². The van der Waals surface area contributed by atoms with E-state index in [0.717, 1.165) is 16.7 Å². The van der Waals surface area contributed by atoms with Crippen LogP contribution in [0.25, 0.3) is 5.76 Å². The van der Waals surface area contributed by atoms with Gasteiger partial charge in [-0.05, 0) is 73.8 Å². The van der Waals surface area contributed by atoms with Crippen LogP contribution in [0.2, 0.25) is 18.1 Å². The minimum Gasteiger partial charge on any atom is -0.507 e. The first kappa shape index (κ1) is 31.4. The Morgan fingerprint density at radius 3 is 2.42 bits per heavy atom. The van der Waals surface area contributed by atoms with E-state index >= 15 is 9.59 Å². The van der Waals surface area contributed by atoms with Crippen molar-refractivity contribution in [3.05, 3.63) is 81.9 Å². The summed E-state index contributed by atoms with van der Waals surface area (Å²) in [5, 5.41) is 15.9. The number of nitrogens with zero attached hydrogens (tertiary/aromatic N) is 3. The highest BCUT2D eigenvalue weighted by Gasteiger charge is 2.70. The second kappa shape index (κ2) is 10.5. The highest BCUT2D eigenvalue weighted by molar-refractivity contribution is 6.74. The van der Waals surface area contributed by atoms with Gasteiger partial charge < -0.3 is 18.8 Å². The zero-order valence-electron chi connectivity index (χ0n) is 27.6. The molecule has 2 aromatic heterocycles. The quantitative estimate of drug-likeness (QED) is 0.237. The molecular weight excluding hydrogens is 586 g/mol. The normalized spacial score (nSPS) is 26.4. The zero-order valence-corrected chi connectivity index (χ0v) is 28.6. The SMILES string of the molecule is Cc1cncc2c1C(O)=C1C(=O)[C@]3(O[Si](C)(C)C(C)(C)C)C(=O)c4c(OCc5ccccc5)noc4C(N(C)C)[C@@H]3C[C@]1(C)C2. The van der Waals surface area contributed by atoms with Crippen LogP contribution in [0.4, 0.5) is 0 Å². The van der Waals surface area contributed by atoms with Crippen LogP contribution in [-0.4, -0.2) is 59.7 Å². The number of carbonyl (C=O) groups is 2. The van der Waals surface area contributed by atoms with E-state index < -0.39 is 42.9 Å². The molecule has 9 nitrogen and oxygen atoms in total. The summed E-state index contributed by atoms with van der Waals surface area (Å²) in [6.45, 7) is 14.4. The first-order chi connectivity index (χ1) is 21.0. The fourth-order valence-corrected chi connectivity index (χ4v) is 8.82. The van der Waals surface area contributed by atoms with Gasteiger partial charge >= 0.3 is 0 Å². The van der Waals surface area contributed by atoms with E-state index in [1.807, 2.05) is 76.3 Å². The molecule has 1 N–H and O–H groups in total. The number of fused-ring (bicyclic) bond motifs is 4. The Bertz CT molecular complexity index is 1720. The summed E-state index contributed by atoms with van der Waals surface area (Å²) >= 11 is 0. The molecule has 0 radical (unpaired) electrons. The number of hydrogen-bond acceptors (Lipinski definition) is 9. The van der Waals surface area contributed by atoms with Crippen molar-refractivity contribution in [2.24, 2.45) is 11.3 Å². The monoisotopic (exact) mass is 629 g/mol. The number of hydrogen-bond donors (Lipinski definition) is 1. The lowest BCUT2D eigenvalue weighted by atomic mass is 9.52. The van der Waals surface area contributed by atoms with Crippen LogP contribution in [-0.2, 0) is 22.2 Å². The summed E-state index contributed by atoms with van der Waals surface area (Å²) in [5.74, 6) is -1.30. The largest absolute Gasteiger partial charge is 0.507 e. The third-order valence-corrected chi connectivity index (χ3v) is 15.0. The minimum atomic E-state index is -2.80. The second-order valence-electron chi connectivity index (χ2n) is 14.9. The zero-order chi connectivity index (χ0) is 32.7. The Kier molecular flexibility index (Phi) is 7.30. The highest BCUT2D eigenvalue weighted by atomic mass is 28.4. The third-order valence-electron chi connectivity index (χ3n) is 10.5. The number of ketones is 2. The number of aromatic nitrogens is 2. The molecule has 3 aliphatic carbocycles. The number of Topliss-reactive ketones (excluding diaryl/α,β-unsaturated/α-hetero) is 2. The molecule has 2 heterocycles. The molecule has 0 aliphatic heterocycles. The lowest BCUT2D eigenvalue weighted by Gasteiger charge is -2.57. The number of carbonyl (C=O) groups excluding carboxylic acids is 2. The molecular formula is C35H43N3O6Si. The third kappa shape index (κ3) is 4.63. The summed E-state index contributed by atoms with van der Waals surface area (Å²) in [4.78, 5) is 37.0. The first-order valence-corrected chi connectivity index (χ1v) is 18.4. The van der Waals surface area contributed by atoms with Gasteiger partial charge in [0, 0.05) is 34.9 Å². The maximum absolute atomic E-state index is 15.4. The predicted octanol–water partition coefficient (Wildman–Crippen LogP) is 6.64. The molecule has 3 aromatic rings. The molecule has 3 aliphatic rings. The fraction of sp³-hybridized carbons (Fsp3) is 0.486. The van der Waals surface area contributed by atoms with Gasteiger partial charge in [0.05, 0.1) is 6.04 Å². The van der Waals surface area contributed by atoms with Gasteiger partial charge in [-0.1, -0.05) is 58.0 Å². The van der Waals surface area contributed by atoms with Crippen molar-refractivity contribution >= 4 is 25.6 Å². The van der Waals surface area contributed by atoms with E-state index in [2.05, 4.69) is 30.9 Å². The molecule has 0 spiro atoms. The van der Waals surface area contributed by atoms with Crippen LogP contribution in [0.15, 0.2) is 52.8 Å². The van der Waals surface area contributed by atoms with Crippen molar-refractivity contribution < 1.29 is 28.4 Å². The number of aryl methyl sites for hydroxylation is 1. The van der Waals surface area contributed by atoms with Gasteiger partial charge in [0.1, 0.15) is 17.9 Å². The van der Waals surface area contributed by atoms with Crippen LogP contribution in [0.5, 0.6) is 5.88 Å². The van der Waals surface area contributed by atoms with Crippen LogP contribution in [0, 0.1) is 18.3 Å². The maximum atomic E-state index is 15.4. The van der Waals surface area contributed by atoms with Crippen molar-refractivity contribution in [1.29, 1.82) is 0 Å². The fourth-order valence-electron chi connectivity index (χ4n) is 7.37. The predicted molar refractivity (Wildman–Crippen MR) is 172 cm³/mol. The molecule has 1 saturated carbocycles. The molecule has 0 bridgehead atoms. The standard InChI is InChI=1S/C35H43N3O6Si/c1-20-17-36-18-22-15-34(5)16-23-27(38(6)7)29-25(32(37-43-29)42-19-21-13-11-10-12-14-21)30(40)35(23,44-45(8,9)33(2,3)4)31(41)26(34)28(39)24(20)22/h10-14,17-18,23,27,39H,15-16,19H2,1-9H3/t23-,27?,34-,35+/m0/s1. The van der Waals surface area contributed by atoms with Crippen LogP contribution >= 0.6 is 0 Å². The topological polar surface area (TPSA) is 115 Å². The van der Waals surface area contributed by atoms with Crippen molar-refractivity contribution in [2.75, 3.05) is 14.1 Å². The van der Waals surface area contributed by atoms with Gasteiger partial charge in [-0.2, -0.15) is 0 Å². The molecule has 0 amide bonds. The first-order valence-electron chi connectivity index (χ1n) is 15.5. The average molecular weight is 630 g/mol. The Labute approximate surface area is 265 Å². The molecule has 1 fully saturated rings. The van der Waals surface area contributed by atoms with Gasteiger partial charge in [0.2, 0.25) is 11.6 Å². The number of ether oxygens (including phenoxy) is 1. The average Bonchev–Trinajstić information content (AvgIpc) is 3.36. The Morgan fingerprint density at radius 2 is 1.78 bits per heavy atom. The number of benzene rings is 1. The number of rotatable bonds is 6. The van der Waals surface area contributed by atoms with Gasteiger partial charge in [-0.3, -0.25) is 19.5 Å². The molecule has 4 atom stereocenters. The summed E-state index contributed by atoms with van der Waals surface area (Å²) in [6.07, 6.45) is 4.34.